The summed E-state index contributed by atoms with van der Waals surface area (Å²) in [6, 6.07) is 7.86. The Balaban J connectivity index is 2.36. The highest BCUT2D eigenvalue weighted by molar-refractivity contribution is 7.99. The summed E-state index contributed by atoms with van der Waals surface area (Å²) in [6.07, 6.45) is 2.08. The zero-order chi connectivity index (χ0) is 13.4. The van der Waals surface area contributed by atoms with Gasteiger partial charge in [-0.1, -0.05) is 0 Å². The Hall–Kier alpha value is -1.14. The monoisotopic (exact) mass is 287 g/mol. The highest BCUT2D eigenvalue weighted by Gasteiger charge is 1.99. The molecule has 1 aromatic rings. The molecular weight excluding hydrogens is 273 g/mol. The van der Waals surface area contributed by atoms with Gasteiger partial charge in [-0.15, -0.1) is 23.5 Å². The molecule has 1 amide bonds. The summed E-state index contributed by atoms with van der Waals surface area (Å²) in [7, 11) is 0. The van der Waals surface area contributed by atoms with Crippen LogP contribution in [0.4, 0.5) is 9.18 Å². The molecule has 98 valence electrons. The van der Waals surface area contributed by atoms with Crippen molar-refractivity contribution in [3.05, 3.63) is 36.2 Å². The van der Waals surface area contributed by atoms with E-state index in [4.69, 9.17) is 5.11 Å². The zero-order valence-electron chi connectivity index (χ0n) is 9.85. The molecule has 0 saturated heterocycles. The van der Waals surface area contributed by atoms with Gasteiger partial charge < -0.3 is 10.4 Å². The molecule has 18 heavy (non-hydrogen) atoms. The quantitative estimate of drug-likeness (QED) is 0.785. The van der Waals surface area contributed by atoms with E-state index in [-0.39, 0.29) is 18.1 Å². The molecule has 1 aromatic carbocycles. The second-order valence-electron chi connectivity index (χ2n) is 3.30. The van der Waals surface area contributed by atoms with Crippen LogP contribution in [0, 0.1) is 0 Å². The van der Waals surface area contributed by atoms with Crippen molar-refractivity contribution in [3.63, 3.8) is 0 Å². The van der Waals surface area contributed by atoms with Crippen LogP contribution in [0.3, 0.4) is 0 Å². The van der Waals surface area contributed by atoms with Crippen LogP contribution in [0.15, 0.2) is 46.0 Å². The van der Waals surface area contributed by atoms with Gasteiger partial charge in [0.1, 0.15) is 5.83 Å². The van der Waals surface area contributed by atoms with Crippen LogP contribution in [-0.2, 0) is 0 Å². The number of hydrogen-bond acceptors (Lipinski definition) is 3. The molecule has 0 saturated carbocycles. The number of thioether (sulfide) groups is 2. The standard InChI is InChI=1S/C12H14FNO2S2/c1-17-10-2-4-11(5-3-10)18-8-9(13)6-7-14-12(15)16/h2-6,14H,7-8H2,1H3,(H,15,16)/b9-6-. The van der Waals surface area contributed by atoms with Crippen molar-refractivity contribution in [1.29, 1.82) is 0 Å². The molecule has 0 heterocycles. The van der Waals surface area contributed by atoms with Gasteiger partial charge in [0.15, 0.2) is 0 Å². The average molecular weight is 287 g/mol. The molecule has 1 rings (SSSR count). The first-order valence-corrected chi connectivity index (χ1v) is 7.41. The summed E-state index contributed by atoms with van der Waals surface area (Å²) in [4.78, 5) is 12.3. The van der Waals surface area contributed by atoms with Crippen molar-refractivity contribution >= 4 is 29.6 Å². The third kappa shape index (κ3) is 5.97. The largest absolute Gasteiger partial charge is 0.465 e. The molecule has 0 radical (unpaired) electrons. The maximum atomic E-state index is 13.3. The van der Waals surface area contributed by atoms with Crippen LogP contribution in [-0.4, -0.2) is 29.8 Å². The number of rotatable bonds is 6. The van der Waals surface area contributed by atoms with Crippen LogP contribution in [0.1, 0.15) is 0 Å². The summed E-state index contributed by atoms with van der Waals surface area (Å²) in [5.41, 5.74) is 0. The fourth-order valence-electron chi connectivity index (χ4n) is 1.13. The molecule has 0 aliphatic rings. The Kier molecular flexibility index (Phi) is 6.67. The van der Waals surface area contributed by atoms with Crippen LogP contribution in [0.2, 0.25) is 0 Å². The van der Waals surface area contributed by atoms with Crippen LogP contribution < -0.4 is 5.32 Å². The lowest BCUT2D eigenvalue weighted by molar-refractivity contribution is 0.195. The predicted molar refractivity (Wildman–Crippen MR) is 74.2 cm³/mol. The SMILES string of the molecule is CSc1ccc(SC/C(F)=C/CNC(=O)O)cc1. The molecule has 0 aromatic heterocycles. The Morgan fingerprint density at radius 1 is 1.39 bits per heavy atom. The smallest absolute Gasteiger partial charge is 0.404 e. The summed E-state index contributed by atoms with van der Waals surface area (Å²) in [5, 5.41) is 10.4. The van der Waals surface area contributed by atoms with Crippen molar-refractivity contribution in [3.8, 4) is 0 Å². The molecule has 0 spiro atoms. The van der Waals surface area contributed by atoms with Crippen LogP contribution in [0.5, 0.6) is 0 Å². The van der Waals surface area contributed by atoms with E-state index < -0.39 is 6.09 Å². The molecule has 3 nitrogen and oxygen atoms in total. The lowest BCUT2D eigenvalue weighted by Crippen LogP contribution is -2.20. The van der Waals surface area contributed by atoms with Gasteiger partial charge in [0.05, 0.1) is 0 Å². The van der Waals surface area contributed by atoms with Crippen LogP contribution in [0.25, 0.3) is 0 Å². The summed E-state index contributed by atoms with van der Waals surface area (Å²) in [6.45, 7) is -0.00681. The Bertz CT molecular complexity index is 421. The Morgan fingerprint density at radius 3 is 2.56 bits per heavy atom. The number of amides is 1. The normalized spacial score (nSPS) is 11.3. The molecule has 0 fully saturated rings. The number of carboxylic acid groups (broad SMARTS) is 1. The van der Waals surface area contributed by atoms with Crippen molar-refractivity contribution in [1.82, 2.24) is 5.32 Å². The van der Waals surface area contributed by atoms with E-state index in [1.165, 1.54) is 22.7 Å². The van der Waals surface area contributed by atoms with Crippen LogP contribution >= 0.6 is 23.5 Å². The van der Waals surface area contributed by atoms with Crippen molar-refractivity contribution in [2.75, 3.05) is 18.6 Å². The van der Waals surface area contributed by atoms with E-state index in [1.807, 2.05) is 30.5 Å². The molecule has 2 N–H and O–H groups in total. The summed E-state index contributed by atoms with van der Waals surface area (Å²) in [5.74, 6) is -0.123. The molecule has 0 aliphatic carbocycles. The number of benzene rings is 1. The Labute approximate surface area is 114 Å². The highest BCUT2D eigenvalue weighted by Crippen LogP contribution is 2.23. The van der Waals surface area contributed by atoms with E-state index in [9.17, 15) is 9.18 Å². The minimum Gasteiger partial charge on any atom is -0.465 e. The molecule has 0 unspecified atom stereocenters. The van der Waals surface area contributed by atoms with Gasteiger partial charge in [0, 0.05) is 22.1 Å². The maximum absolute atomic E-state index is 13.3. The minimum absolute atomic E-state index is 0.00681. The Morgan fingerprint density at radius 2 is 2.00 bits per heavy atom. The van der Waals surface area contributed by atoms with Gasteiger partial charge in [0.25, 0.3) is 0 Å². The topological polar surface area (TPSA) is 49.3 Å². The van der Waals surface area contributed by atoms with E-state index in [1.54, 1.807) is 11.8 Å². The number of carbonyl (C=O) groups is 1. The van der Waals surface area contributed by atoms with Crippen molar-refractivity contribution in [2.45, 2.75) is 9.79 Å². The average Bonchev–Trinajstić information content (AvgIpc) is 2.36. The fraction of sp³-hybridized carbons (Fsp3) is 0.250. The van der Waals surface area contributed by atoms with E-state index in [0.717, 1.165) is 4.90 Å². The van der Waals surface area contributed by atoms with Crippen molar-refractivity contribution < 1.29 is 14.3 Å². The van der Waals surface area contributed by atoms with E-state index in [2.05, 4.69) is 5.32 Å². The minimum atomic E-state index is -1.15. The van der Waals surface area contributed by atoms with Crippen molar-refractivity contribution in [2.24, 2.45) is 0 Å². The molecule has 0 atom stereocenters. The summed E-state index contributed by atoms with van der Waals surface area (Å²) < 4.78 is 13.3. The predicted octanol–water partition coefficient (Wildman–Crippen LogP) is 3.62. The lowest BCUT2D eigenvalue weighted by atomic mass is 10.4. The van der Waals surface area contributed by atoms with Gasteiger partial charge in [-0.25, -0.2) is 9.18 Å². The molecular formula is C12H14FNO2S2. The first-order valence-electron chi connectivity index (χ1n) is 5.20. The first-order chi connectivity index (χ1) is 8.61. The zero-order valence-corrected chi connectivity index (χ0v) is 11.5. The number of nitrogens with one attached hydrogen (secondary N) is 1. The van der Waals surface area contributed by atoms with E-state index >= 15 is 0 Å². The second kappa shape index (κ2) is 8.05. The first kappa shape index (κ1) is 14.9. The van der Waals surface area contributed by atoms with Gasteiger partial charge in [-0.2, -0.15) is 0 Å². The number of hydrogen-bond donors (Lipinski definition) is 2. The third-order valence-electron chi connectivity index (χ3n) is 2.01. The second-order valence-corrected chi connectivity index (χ2v) is 5.23. The molecule has 6 heteroatoms. The maximum Gasteiger partial charge on any atom is 0.404 e. The van der Waals surface area contributed by atoms with E-state index in [0.29, 0.717) is 0 Å². The number of halogens is 1. The summed E-state index contributed by atoms with van der Waals surface area (Å²) >= 11 is 3.04. The molecule has 0 bridgehead atoms. The van der Waals surface area contributed by atoms with Gasteiger partial charge in [-0.05, 0) is 36.6 Å². The van der Waals surface area contributed by atoms with Gasteiger partial charge in [0.2, 0.25) is 0 Å². The van der Waals surface area contributed by atoms with Gasteiger partial charge in [-0.3, -0.25) is 0 Å². The third-order valence-corrected chi connectivity index (χ3v) is 3.78. The highest BCUT2D eigenvalue weighted by atomic mass is 32.2. The molecule has 0 aliphatic heterocycles. The fourth-order valence-corrected chi connectivity index (χ4v) is 2.29. The lowest BCUT2D eigenvalue weighted by Gasteiger charge is -2.01. The van der Waals surface area contributed by atoms with Gasteiger partial charge >= 0.3 is 6.09 Å².